The van der Waals surface area contributed by atoms with Crippen molar-refractivity contribution in [1.29, 1.82) is 0 Å². The normalized spacial score (nSPS) is 16.9. The first-order valence-corrected chi connectivity index (χ1v) is 13.6. The zero-order valence-electron chi connectivity index (χ0n) is 23.6. The van der Waals surface area contributed by atoms with Crippen molar-refractivity contribution in [2.24, 2.45) is 0 Å². The molecule has 4 aromatic carbocycles. The minimum absolute atomic E-state index is 0.0236. The topological polar surface area (TPSA) is 157 Å². The highest BCUT2D eigenvalue weighted by molar-refractivity contribution is 5.90. The van der Waals surface area contributed by atoms with E-state index in [-0.39, 0.29) is 13.0 Å². The molecule has 0 bridgehead atoms. The molecular formula is C34H32O10. The first kappa shape index (κ1) is 33.2. The van der Waals surface area contributed by atoms with Gasteiger partial charge in [0.2, 0.25) is 0 Å². The third-order valence-corrected chi connectivity index (χ3v) is 6.07. The Kier molecular flexibility index (Phi) is 13.3. The van der Waals surface area contributed by atoms with Crippen LogP contribution in [0, 0.1) is 0 Å². The average molecular weight is 601 g/mol. The van der Waals surface area contributed by atoms with Gasteiger partial charge in [-0.1, -0.05) is 72.8 Å². The Bertz CT molecular complexity index is 1410. The van der Waals surface area contributed by atoms with Crippen molar-refractivity contribution in [3.8, 4) is 0 Å². The van der Waals surface area contributed by atoms with Crippen molar-refractivity contribution in [2.75, 3.05) is 6.61 Å². The van der Waals surface area contributed by atoms with Crippen LogP contribution >= 0.6 is 0 Å². The molecular weight excluding hydrogens is 568 g/mol. The van der Waals surface area contributed by atoms with Crippen molar-refractivity contribution < 1.29 is 48.7 Å². The molecule has 5 rings (SSSR count). The molecule has 10 nitrogen and oxygen atoms in total. The summed E-state index contributed by atoms with van der Waals surface area (Å²) in [6.45, 7) is -0.0236. The van der Waals surface area contributed by atoms with E-state index in [0.29, 0.717) is 28.7 Å². The van der Waals surface area contributed by atoms with Crippen molar-refractivity contribution in [3.63, 3.8) is 0 Å². The third-order valence-electron chi connectivity index (χ3n) is 6.07. The Labute approximate surface area is 254 Å². The Morgan fingerprint density at radius 1 is 0.591 bits per heavy atom. The number of aliphatic hydroxyl groups excluding tert-OH is 1. The SMILES string of the molecule is O=C(O)c1ccccc1.O=C(O)c1ccccc1.O=C(OC[C@@H]1CC(OC(=O)c2ccccc2)CC(O)O1)c1ccccc1. The van der Waals surface area contributed by atoms with Gasteiger partial charge in [0.1, 0.15) is 12.7 Å². The summed E-state index contributed by atoms with van der Waals surface area (Å²) in [5.41, 5.74) is 1.55. The summed E-state index contributed by atoms with van der Waals surface area (Å²) in [5, 5.41) is 26.6. The molecule has 1 saturated heterocycles. The average Bonchev–Trinajstić information content (AvgIpc) is 3.05. The largest absolute Gasteiger partial charge is 0.478 e. The molecule has 1 aliphatic rings. The second-order valence-corrected chi connectivity index (χ2v) is 9.38. The quantitative estimate of drug-likeness (QED) is 0.237. The number of ether oxygens (including phenoxy) is 3. The Morgan fingerprint density at radius 2 is 0.977 bits per heavy atom. The first-order chi connectivity index (χ1) is 21.2. The predicted octanol–water partition coefficient (Wildman–Crippen LogP) is 5.34. The number of esters is 2. The van der Waals surface area contributed by atoms with E-state index >= 15 is 0 Å². The minimum Gasteiger partial charge on any atom is -0.478 e. The van der Waals surface area contributed by atoms with Crippen LogP contribution in [0.1, 0.15) is 54.3 Å². The van der Waals surface area contributed by atoms with Gasteiger partial charge in [0.05, 0.1) is 28.4 Å². The van der Waals surface area contributed by atoms with Crippen LogP contribution in [0.4, 0.5) is 0 Å². The van der Waals surface area contributed by atoms with Crippen molar-refractivity contribution in [2.45, 2.75) is 31.3 Å². The highest BCUT2D eigenvalue weighted by atomic mass is 16.6. The molecule has 228 valence electrons. The summed E-state index contributed by atoms with van der Waals surface area (Å²) in [5.74, 6) is -2.68. The van der Waals surface area contributed by atoms with Gasteiger partial charge in [0, 0.05) is 12.8 Å². The number of carboxylic acids is 2. The van der Waals surface area contributed by atoms with Crippen LogP contribution in [0.2, 0.25) is 0 Å². The van der Waals surface area contributed by atoms with E-state index in [1.54, 1.807) is 109 Å². The molecule has 44 heavy (non-hydrogen) atoms. The van der Waals surface area contributed by atoms with Crippen LogP contribution in [0.3, 0.4) is 0 Å². The molecule has 4 aromatic rings. The third kappa shape index (κ3) is 11.5. The van der Waals surface area contributed by atoms with Gasteiger partial charge in [-0.2, -0.15) is 0 Å². The van der Waals surface area contributed by atoms with E-state index < -0.39 is 42.4 Å². The Balaban J connectivity index is 0.000000238. The molecule has 1 fully saturated rings. The summed E-state index contributed by atoms with van der Waals surface area (Å²) in [6, 6.07) is 33.8. The lowest BCUT2D eigenvalue weighted by molar-refractivity contribution is -0.197. The van der Waals surface area contributed by atoms with Crippen LogP contribution in [-0.2, 0) is 14.2 Å². The number of benzene rings is 4. The van der Waals surface area contributed by atoms with E-state index in [4.69, 9.17) is 24.4 Å². The van der Waals surface area contributed by atoms with Gasteiger partial charge in [-0.05, 0) is 48.5 Å². The molecule has 3 N–H and O–H groups in total. The van der Waals surface area contributed by atoms with E-state index in [1.165, 1.54) is 0 Å². The van der Waals surface area contributed by atoms with Crippen molar-refractivity contribution >= 4 is 23.9 Å². The molecule has 0 aromatic heterocycles. The summed E-state index contributed by atoms with van der Waals surface area (Å²) in [4.78, 5) is 44.5. The summed E-state index contributed by atoms with van der Waals surface area (Å²) < 4.78 is 16.1. The van der Waals surface area contributed by atoms with Crippen molar-refractivity contribution in [1.82, 2.24) is 0 Å². The lowest BCUT2D eigenvalue weighted by Gasteiger charge is -2.32. The maximum absolute atomic E-state index is 12.1. The van der Waals surface area contributed by atoms with Gasteiger partial charge in [-0.25, -0.2) is 19.2 Å². The van der Waals surface area contributed by atoms with E-state index in [0.717, 1.165) is 0 Å². The fourth-order valence-electron chi connectivity index (χ4n) is 3.93. The second kappa shape index (κ2) is 17.6. The summed E-state index contributed by atoms with van der Waals surface area (Å²) in [7, 11) is 0. The minimum atomic E-state index is -1.07. The number of carboxylic acid groups (broad SMARTS) is 2. The van der Waals surface area contributed by atoms with Gasteiger partial charge in [-0.3, -0.25) is 0 Å². The highest BCUT2D eigenvalue weighted by Gasteiger charge is 2.32. The fourth-order valence-corrected chi connectivity index (χ4v) is 3.93. The zero-order chi connectivity index (χ0) is 31.7. The summed E-state index contributed by atoms with van der Waals surface area (Å²) in [6.07, 6.45) is -1.59. The number of carbonyl (C=O) groups is 4. The lowest BCUT2D eigenvalue weighted by Crippen LogP contribution is -2.40. The molecule has 2 unspecified atom stereocenters. The van der Waals surface area contributed by atoms with Crippen LogP contribution in [0.25, 0.3) is 0 Å². The number of rotatable bonds is 7. The maximum atomic E-state index is 12.1. The molecule has 3 atom stereocenters. The number of carbonyl (C=O) groups excluding carboxylic acids is 2. The lowest BCUT2D eigenvalue weighted by atomic mass is 10.1. The van der Waals surface area contributed by atoms with Gasteiger partial charge in [-0.15, -0.1) is 0 Å². The maximum Gasteiger partial charge on any atom is 0.338 e. The Hall–Kier alpha value is -5.32. The summed E-state index contributed by atoms with van der Waals surface area (Å²) >= 11 is 0. The number of aromatic carboxylic acids is 2. The molecule has 10 heteroatoms. The number of hydrogen-bond acceptors (Lipinski definition) is 8. The van der Waals surface area contributed by atoms with Gasteiger partial charge < -0.3 is 29.5 Å². The smallest absolute Gasteiger partial charge is 0.338 e. The molecule has 0 amide bonds. The second-order valence-electron chi connectivity index (χ2n) is 9.38. The van der Waals surface area contributed by atoms with Crippen LogP contribution in [0.5, 0.6) is 0 Å². The standard InChI is InChI=1S/C20H20O6.2C7H6O2/c21-18-12-16(26-20(23)15-9-5-2-6-10-15)11-17(25-18)13-24-19(22)14-7-3-1-4-8-14;2*8-7(9)6-4-2-1-3-5-6/h1-10,16-18,21H,11-13H2;2*1-5H,(H,8,9)/t16?,17-,18?;;/m0../s1. The molecule has 0 saturated carbocycles. The molecule has 1 aliphatic heterocycles. The number of aliphatic hydroxyl groups is 1. The predicted molar refractivity (Wildman–Crippen MR) is 159 cm³/mol. The van der Waals surface area contributed by atoms with Gasteiger partial charge >= 0.3 is 23.9 Å². The monoisotopic (exact) mass is 600 g/mol. The molecule has 0 radical (unpaired) electrons. The fraction of sp³-hybridized carbons (Fsp3) is 0.176. The first-order valence-electron chi connectivity index (χ1n) is 13.6. The Morgan fingerprint density at radius 3 is 1.36 bits per heavy atom. The van der Waals surface area contributed by atoms with Gasteiger partial charge in [0.15, 0.2) is 6.29 Å². The molecule has 0 aliphatic carbocycles. The van der Waals surface area contributed by atoms with Crippen LogP contribution in [0.15, 0.2) is 121 Å². The van der Waals surface area contributed by atoms with Crippen molar-refractivity contribution in [3.05, 3.63) is 144 Å². The highest BCUT2D eigenvalue weighted by Crippen LogP contribution is 2.22. The van der Waals surface area contributed by atoms with E-state index in [1.807, 2.05) is 12.1 Å². The van der Waals surface area contributed by atoms with Gasteiger partial charge in [0.25, 0.3) is 0 Å². The molecule has 0 spiro atoms. The zero-order valence-corrected chi connectivity index (χ0v) is 23.6. The molecule has 1 heterocycles. The van der Waals surface area contributed by atoms with Crippen LogP contribution < -0.4 is 0 Å². The van der Waals surface area contributed by atoms with Crippen LogP contribution in [-0.4, -0.2) is 64.3 Å². The number of hydrogen-bond donors (Lipinski definition) is 3. The van der Waals surface area contributed by atoms with E-state index in [9.17, 15) is 24.3 Å². The van der Waals surface area contributed by atoms with E-state index in [2.05, 4.69) is 0 Å².